The van der Waals surface area contributed by atoms with E-state index in [1.165, 1.54) is 23.5 Å². The zero-order valence-electron chi connectivity index (χ0n) is 19.6. The third kappa shape index (κ3) is 4.38. The van der Waals surface area contributed by atoms with Gasteiger partial charge in [0.1, 0.15) is 11.6 Å². The average molecular weight is 505 g/mol. The highest BCUT2D eigenvalue weighted by molar-refractivity contribution is 7.11. The summed E-state index contributed by atoms with van der Waals surface area (Å²) in [6.07, 6.45) is 2.12. The van der Waals surface area contributed by atoms with Crippen molar-refractivity contribution in [3.63, 3.8) is 0 Å². The molecule has 0 atom stereocenters. The van der Waals surface area contributed by atoms with Crippen LogP contribution in [0.15, 0.2) is 54.0 Å². The number of rotatable bonds is 5. The second kappa shape index (κ2) is 9.44. The molecule has 0 bridgehead atoms. The molecule has 0 radical (unpaired) electrons. The van der Waals surface area contributed by atoms with E-state index in [1.54, 1.807) is 12.3 Å². The fraction of sp³-hybridized carbons (Fsp3) is 0.308. The molecule has 0 unspecified atom stereocenters. The third-order valence-corrected chi connectivity index (χ3v) is 7.70. The first kappa shape index (κ1) is 22.8. The van der Waals surface area contributed by atoms with Crippen molar-refractivity contribution in [2.45, 2.75) is 12.5 Å². The number of fused-ring (bicyclic) bond motifs is 1. The number of thiazole rings is 1. The Morgan fingerprint density at radius 2 is 1.83 bits per heavy atom. The Morgan fingerprint density at radius 3 is 2.58 bits per heavy atom. The number of halogens is 1. The first-order valence-corrected chi connectivity index (χ1v) is 12.9. The maximum atomic E-state index is 13.6. The Labute approximate surface area is 211 Å². The number of hydrogen-bond acceptors (Lipinski definition) is 6. The van der Waals surface area contributed by atoms with E-state index in [9.17, 15) is 14.0 Å². The topological polar surface area (TPSA) is 85.4 Å². The highest BCUT2D eigenvalue weighted by Crippen LogP contribution is 2.24. The monoisotopic (exact) mass is 504 g/mol. The van der Waals surface area contributed by atoms with Crippen LogP contribution in [0, 0.1) is 5.82 Å². The van der Waals surface area contributed by atoms with Crippen molar-refractivity contribution in [3.05, 3.63) is 81.8 Å². The summed E-state index contributed by atoms with van der Waals surface area (Å²) >= 11 is 1.37. The van der Waals surface area contributed by atoms with E-state index in [0.29, 0.717) is 60.6 Å². The molecule has 6 rings (SSSR count). The summed E-state index contributed by atoms with van der Waals surface area (Å²) in [5.74, 6) is 0.400. The van der Waals surface area contributed by atoms with Crippen LogP contribution in [0.3, 0.4) is 0 Å². The second-order valence-corrected chi connectivity index (χ2v) is 10.1. The Bertz CT molecular complexity index is 1410. The van der Waals surface area contributed by atoms with E-state index in [0.717, 1.165) is 24.2 Å². The molecule has 4 heterocycles. The van der Waals surface area contributed by atoms with Gasteiger partial charge >= 0.3 is 0 Å². The molecule has 2 aliphatic heterocycles. The number of imidazole rings is 1. The number of benzene rings is 2. The van der Waals surface area contributed by atoms with Gasteiger partial charge in [0.15, 0.2) is 5.01 Å². The van der Waals surface area contributed by atoms with Gasteiger partial charge in [0.2, 0.25) is 0 Å². The van der Waals surface area contributed by atoms with E-state index in [2.05, 4.69) is 19.9 Å². The number of nitrogens with one attached hydrogen (secondary N) is 1. The number of amides is 2. The molecule has 2 amide bonds. The van der Waals surface area contributed by atoms with Gasteiger partial charge in [-0.3, -0.25) is 14.5 Å². The van der Waals surface area contributed by atoms with Crippen molar-refractivity contribution in [2.24, 2.45) is 0 Å². The lowest BCUT2D eigenvalue weighted by molar-refractivity contribution is 0.00863. The number of H-pyrrole nitrogens is 1. The standard InChI is InChI=1S/C26H25FN6O2S/c27-18-4-1-3-17(13-18)14-22-29-21-6-2-5-20(23(21)30-22)25(34)33-15-19(16-33)31-8-10-32(11-9-31)26(35)24-28-7-12-36-24/h1-7,12-13,19H,8-11,14-16H2,(H,29,30). The SMILES string of the molecule is O=C(c1nccs1)N1CCN(C2CN(C(=O)c3cccc4nc(Cc5cccc(F)c5)[nH]c34)C2)CC1. The van der Waals surface area contributed by atoms with Crippen molar-refractivity contribution in [3.8, 4) is 0 Å². The molecule has 0 aliphatic carbocycles. The molecular formula is C26H25FN6O2S. The molecule has 184 valence electrons. The maximum Gasteiger partial charge on any atom is 0.282 e. The van der Waals surface area contributed by atoms with Crippen LogP contribution in [0.2, 0.25) is 0 Å². The highest BCUT2D eigenvalue weighted by atomic mass is 32.1. The Hall–Kier alpha value is -3.63. The van der Waals surface area contributed by atoms with Crippen molar-refractivity contribution in [2.75, 3.05) is 39.3 Å². The molecule has 36 heavy (non-hydrogen) atoms. The molecule has 2 fully saturated rings. The van der Waals surface area contributed by atoms with E-state index in [-0.39, 0.29) is 17.6 Å². The lowest BCUT2D eigenvalue weighted by Crippen LogP contribution is -2.64. The van der Waals surface area contributed by atoms with Gasteiger partial charge in [-0.15, -0.1) is 11.3 Å². The number of hydrogen-bond donors (Lipinski definition) is 1. The fourth-order valence-corrected chi connectivity index (χ4v) is 5.56. The van der Waals surface area contributed by atoms with Crippen molar-refractivity contribution < 1.29 is 14.0 Å². The van der Waals surface area contributed by atoms with Crippen LogP contribution in [0.1, 0.15) is 31.5 Å². The molecule has 8 nitrogen and oxygen atoms in total. The second-order valence-electron chi connectivity index (χ2n) is 9.22. The van der Waals surface area contributed by atoms with Crippen LogP contribution < -0.4 is 0 Å². The zero-order valence-corrected chi connectivity index (χ0v) is 20.4. The van der Waals surface area contributed by atoms with Crippen LogP contribution in [0.5, 0.6) is 0 Å². The first-order chi connectivity index (χ1) is 17.5. The molecule has 1 N–H and O–H groups in total. The van der Waals surface area contributed by atoms with Gasteiger partial charge < -0.3 is 14.8 Å². The number of carbonyl (C=O) groups excluding carboxylic acids is 2. The normalized spacial score (nSPS) is 16.9. The number of piperazine rings is 1. The lowest BCUT2D eigenvalue weighted by atomic mass is 10.0. The zero-order chi connectivity index (χ0) is 24.6. The first-order valence-electron chi connectivity index (χ1n) is 12.0. The smallest absolute Gasteiger partial charge is 0.282 e. The number of aromatic nitrogens is 3. The van der Waals surface area contributed by atoms with Gasteiger partial charge in [0.25, 0.3) is 11.8 Å². The molecule has 2 aliphatic rings. The highest BCUT2D eigenvalue weighted by Gasteiger charge is 2.37. The van der Waals surface area contributed by atoms with Crippen molar-refractivity contribution >= 4 is 34.2 Å². The van der Waals surface area contributed by atoms with Crippen molar-refractivity contribution in [1.82, 2.24) is 29.7 Å². The summed E-state index contributed by atoms with van der Waals surface area (Å²) < 4.78 is 13.6. The average Bonchev–Trinajstić information content (AvgIpc) is 3.53. The number of aromatic amines is 1. The lowest BCUT2D eigenvalue weighted by Gasteiger charge is -2.48. The van der Waals surface area contributed by atoms with Crippen LogP contribution >= 0.6 is 11.3 Å². The van der Waals surface area contributed by atoms with Gasteiger partial charge in [0.05, 0.1) is 16.6 Å². The summed E-state index contributed by atoms with van der Waals surface area (Å²) in [6, 6.07) is 12.3. The summed E-state index contributed by atoms with van der Waals surface area (Å²) in [7, 11) is 0. The Morgan fingerprint density at radius 1 is 1.03 bits per heavy atom. The van der Waals surface area contributed by atoms with Crippen LogP contribution in [-0.2, 0) is 6.42 Å². The van der Waals surface area contributed by atoms with Crippen LogP contribution in [-0.4, -0.2) is 86.8 Å². The van der Waals surface area contributed by atoms with E-state index < -0.39 is 0 Å². The van der Waals surface area contributed by atoms with E-state index in [4.69, 9.17) is 0 Å². The van der Waals surface area contributed by atoms with Crippen LogP contribution in [0.4, 0.5) is 4.39 Å². The predicted octanol–water partition coefficient (Wildman–Crippen LogP) is 3.03. The minimum atomic E-state index is -0.278. The van der Waals surface area contributed by atoms with Gasteiger partial charge in [-0.25, -0.2) is 14.4 Å². The number of likely N-dealkylation sites (tertiary alicyclic amines) is 1. The minimum absolute atomic E-state index is 0.000478. The van der Waals surface area contributed by atoms with Gasteiger partial charge in [-0.05, 0) is 29.8 Å². The van der Waals surface area contributed by atoms with E-state index >= 15 is 0 Å². The van der Waals surface area contributed by atoms with Gasteiger partial charge in [-0.1, -0.05) is 18.2 Å². The number of carbonyl (C=O) groups is 2. The van der Waals surface area contributed by atoms with Crippen LogP contribution in [0.25, 0.3) is 11.0 Å². The molecule has 2 aromatic heterocycles. The van der Waals surface area contributed by atoms with E-state index in [1.807, 2.05) is 39.4 Å². The fourth-order valence-electron chi connectivity index (χ4n) is 4.96. The molecule has 2 aromatic carbocycles. The predicted molar refractivity (Wildman–Crippen MR) is 135 cm³/mol. The molecule has 0 spiro atoms. The summed E-state index contributed by atoms with van der Waals surface area (Å²) in [5, 5.41) is 2.36. The summed E-state index contributed by atoms with van der Waals surface area (Å²) in [6.45, 7) is 4.27. The van der Waals surface area contributed by atoms with Gasteiger partial charge in [0, 0.05) is 63.3 Å². The minimum Gasteiger partial charge on any atom is -0.341 e. The maximum absolute atomic E-state index is 13.6. The molecule has 10 heteroatoms. The largest absolute Gasteiger partial charge is 0.341 e. The summed E-state index contributed by atoms with van der Waals surface area (Å²) in [4.78, 5) is 43.9. The Kier molecular flexibility index (Phi) is 5.98. The van der Waals surface area contributed by atoms with Crippen molar-refractivity contribution in [1.29, 1.82) is 0 Å². The molecule has 0 saturated carbocycles. The van der Waals surface area contributed by atoms with Gasteiger partial charge in [-0.2, -0.15) is 0 Å². The molecule has 4 aromatic rings. The summed E-state index contributed by atoms with van der Waals surface area (Å²) in [5.41, 5.74) is 2.86. The third-order valence-electron chi connectivity index (χ3n) is 6.94. The molecular weight excluding hydrogens is 479 g/mol. The number of para-hydroxylation sites is 1. The molecule has 2 saturated heterocycles. The Balaban J connectivity index is 1.07. The number of nitrogens with zero attached hydrogens (tertiary/aromatic N) is 5. The quantitative estimate of drug-likeness (QED) is 0.452.